The number of hydrogen-bond acceptors (Lipinski definition) is 3. The number of para-hydroxylation sites is 1. The Kier molecular flexibility index (Phi) is 3.93. The van der Waals surface area contributed by atoms with Gasteiger partial charge in [0.1, 0.15) is 6.07 Å². The number of nitriles is 1. The van der Waals surface area contributed by atoms with Gasteiger partial charge in [0, 0.05) is 25.5 Å². The van der Waals surface area contributed by atoms with Crippen molar-refractivity contribution < 1.29 is 0 Å². The van der Waals surface area contributed by atoms with Crippen LogP contribution in [0.5, 0.6) is 0 Å². The van der Waals surface area contributed by atoms with Crippen LogP contribution in [0, 0.1) is 11.3 Å². The van der Waals surface area contributed by atoms with Crippen LogP contribution in [-0.2, 0) is 6.54 Å². The third kappa shape index (κ3) is 2.67. The van der Waals surface area contributed by atoms with Gasteiger partial charge in [-0.2, -0.15) is 5.26 Å². The molecule has 0 saturated carbocycles. The Morgan fingerprint density at radius 3 is 2.56 bits per heavy atom. The van der Waals surface area contributed by atoms with Crippen molar-refractivity contribution in [1.29, 1.82) is 5.26 Å². The normalized spacial score (nSPS) is 9.78. The summed E-state index contributed by atoms with van der Waals surface area (Å²) in [5.41, 5.74) is 2.90. The molecule has 0 fully saturated rings. The number of hydrogen-bond donors (Lipinski definition) is 0. The Bertz CT molecular complexity index is 543. The van der Waals surface area contributed by atoms with Crippen LogP contribution in [0.25, 0.3) is 0 Å². The number of nitrogens with zero attached hydrogens (tertiary/aromatic N) is 3. The second-order valence-corrected chi connectivity index (χ2v) is 4.00. The van der Waals surface area contributed by atoms with E-state index in [1.165, 1.54) is 5.56 Å². The van der Waals surface area contributed by atoms with Gasteiger partial charge >= 0.3 is 0 Å². The van der Waals surface area contributed by atoms with E-state index in [2.05, 4.69) is 22.9 Å². The molecule has 3 heteroatoms. The van der Waals surface area contributed by atoms with Crippen molar-refractivity contribution in [2.24, 2.45) is 0 Å². The largest absolute Gasteiger partial charge is 0.366 e. The Morgan fingerprint density at radius 2 is 1.89 bits per heavy atom. The van der Waals surface area contributed by atoms with Crippen molar-refractivity contribution in [2.75, 3.05) is 11.4 Å². The van der Waals surface area contributed by atoms with Crippen molar-refractivity contribution in [3.8, 4) is 6.07 Å². The van der Waals surface area contributed by atoms with Crippen LogP contribution in [0.4, 0.5) is 5.69 Å². The molecule has 1 heterocycles. The van der Waals surface area contributed by atoms with Crippen molar-refractivity contribution in [1.82, 2.24) is 4.98 Å². The average molecular weight is 237 g/mol. The maximum Gasteiger partial charge on any atom is 0.101 e. The highest BCUT2D eigenvalue weighted by Gasteiger charge is 2.09. The quantitative estimate of drug-likeness (QED) is 0.820. The Morgan fingerprint density at radius 1 is 1.17 bits per heavy atom. The molecular formula is C15H15N3. The lowest BCUT2D eigenvalue weighted by atomic mass is 10.1. The molecular weight excluding hydrogens is 222 g/mol. The molecule has 90 valence electrons. The van der Waals surface area contributed by atoms with Crippen molar-refractivity contribution >= 4 is 5.69 Å². The van der Waals surface area contributed by atoms with E-state index in [1.54, 1.807) is 12.4 Å². The predicted octanol–water partition coefficient (Wildman–Crippen LogP) is 2.98. The van der Waals surface area contributed by atoms with Crippen LogP contribution in [0.3, 0.4) is 0 Å². The van der Waals surface area contributed by atoms with Crippen LogP contribution in [0.2, 0.25) is 0 Å². The summed E-state index contributed by atoms with van der Waals surface area (Å²) in [6.45, 7) is 3.74. The summed E-state index contributed by atoms with van der Waals surface area (Å²) in [7, 11) is 0. The zero-order chi connectivity index (χ0) is 12.8. The average Bonchev–Trinajstić information content (AvgIpc) is 2.46. The van der Waals surface area contributed by atoms with E-state index in [0.29, 0.717) is 5.56 Å². The van der Waals surface area contributed by atoms with E-state index < -0.39 is 0 Å². The number of anilines is 1. The van der Waals surface area contributed by atoms with Crippen LogP contribution in [-0.4, -0.2) is 11.5 Å². The first kappa shape index (κ1) is 12.1. The number of pyridine rings is 1. The highest BCUT2D eigenvalue weighted by molar-refractivity contribution is 5.59. The Balaban J connectivity index is 2.27. The highest BCUT2D eigenvalue weighted by atomic mass is 15.1. The predicted molar refractivity (Wildman–Crippen MR) is 72.1 cm³/mol. The molecule has 2 aromatic rings. The van der Waals surface area contributed by atoms with Crippen LogP contribution in [0.1, 0.15) is 18.1 Å². The van der Waals surface area contributed by atoms with Crippen molar-refractivity contribution in [3.63, 3.8) is 0 Å². The Hall–Kier alpha value is -2.34. The first-order valence-corrected chi connectivity index (χ1v) is 5.98. The fraction of sp³-hybridized carbons (Fsp3) is 0.200. The molecule has 0 aliphatic carbocycles. The lowest BCUT2D eigenvalue weighted by molar-refractivity contribution is 0.829. The summed E-state index contributed by atoms with van der Waals surface area (Å²) in [5.74, 6) is 0. The van der Waals surface area contributed by atoms with Gasteiger partial charge in [0.2, 0.25) is 0 Å². The standard InChI is InChI=1S/C15H15N3/c1-2-18(12-13-7-9-17-10-8-13)15-6-4-3-5-14(15)11-16/h3-10H,2,12H2,1H3. The first-order chi connectivity index (χ1) is 8.85. The topological polar surface area (TPSA) is 39.9 Å². The number of aromatic nitrogens is 1. The van der Waals surface area contributed by atoms with Crippen LogP contribution in [0.15, 0.2) is 48.8 Å². The second kappa shape index (κ2) is 5.83. The molecule has 1 aromatic heterocycles. The molecule has 3 nitrogen and oxygen atoms in total. The summed E-state index contributed by atoms with van der Waals surface area (Å²) in [6.07, 6.45) is 3.58. The zero-order valence-corrected chi connectivity index (χ0v) is 10.4. The Labute approximate surface area is 107 Å². The van der Waals surface area contributed by atoms with Gasteiger partial charge in [-0.3, -0.25) is 4.98 Å². The summed E-state index contributed by atoms with van der Waals surface area (Å²) in [5, 5.41) is 9.14. The number of rotatable bonds is 4. The van der Waals surface area contributed by atoms with E-state index in [9.17, 15) is 0 Å². The van der Waals surface area contributed by atoms with Gasteiger partial charge in [-0.1, -0.05) is 12.1 Å². The van der Waals surface area contributed by atoms with E-state index in [4.69, 9.17) is 5.26 Å². The molecule has 0 spiro atoms. The van der Waals surface area contributed by atoms with Crippen molar-refractivity contribution in [3.05, 3.63) is 59.9 Å². The smallest absolute Gasteiger partial charge is 0.101 e. The molecule has 0 unspecified atom stereocenters. The van der Waals surface area contributed by atoms with Gasteiger partial charge in [-0.05, 0) is 36.8 Å². The van der Waals surface area contributed by atoms with Gasteiger partial charge < -0.3 is 4.90 Å². The third-order valence-corrected chi connectivity index (χ3v) is 2.87. The fourth-order valence-corrected chi connectivity index (χ4v) is 1.92. The molecule has 0 aliphatic rings. The van der Waals surface area contributed by atoms with Gasteiger partial charge in [0.15, 0.2) is 0 Å². The summed E-state index contributed by atoms with van der Waals surface area (Å²) < 4.78 is 0. The van der Waals surface area contributed by atoms with Crippen LogP contribution < -0.4 is 4.90 Å². The maximum atomic E-state index is 9.14. The van der Waals surface area contributed by atoms with E-state index in [1.807, 2.05) is 36.4 Å². The number of benzene rings is 1. The molecule has 18 heavy (non-hydrogen) atoms. The van der Waals surface area contributed by atoms with E-state index in [0.717, 1.165) is 18.8 Å². The lowest BCUT2D eigenvalue weighted by Gasteiger charge is -2.24. The van der Waals surface area contributed by atoms with Gasteiger partial charge in [0.25, 0.3) is 0 Å². The summed E-state index contributed by atoms with van der Waals surface area (Å²) >= 11 is 0. The molecule has 0 atom stereocenters. The molecule has 0 bridgehead atoms. The first-order valence-electron chi connectivity index (χ1n) is 5.98. The second-order valence-electron chi connectivity index (χ2n) is 4.00. The van der Waals surface area contributed by atoms with Gasteiger partial charge in [0.05, 0.1) is 11.3 Å². The monoisotopic (exact) mass is 237 g/mol. The van der Waals surface area contributed by atoms with E-state index >= 15 is 0 Å². The molecule has 0 saturated heterocycles. The van der Waals surface area contributed by atoms with Crippen LogP contribution >= 0.6 is 0 Å². The van der Waals surface area contributed by atoms with Gasteiger partial charge in [-0.25, -0.2) is 0 Å². The molecule has 0 amide bonds. The minimum Gasteiger partial charge on any atom is -0.366 e. The van der Waals surface area contributed by atoms with Gasteiger partial charge in [-0.15, -0.1) is 0 Å². The molecule has 0 aliphatic heterocycles. The molecule has 0 N–H and O–H groups in total. The summed E-state index contributed by atoms with van der Waals surface area (Å²) in [4.78, 5) is 6.20. The highest BCUT2D eigenvalue weighted by Crippen LogP contribution is 2.21. The minimum absolute atomic E-state index is 0.716. The molecule has 1 aromatic carbocycles. The lowest BCUT2D eigenvalue weighted by Crippen LogP contribution is -2.22. The third-order valence-electron chi connectivity index (χ3n) is 2.87. The van der Waals surface area contributed by atoms with Crippen molar-refractivity contribution in [2.45, 2.75) is 13.5 Å². The maximum absolute atomic E-state index is 9.14. The summed E-state index contributed by atoms with van der Waals surface area (Å²) in [6, 6.07) is 13.9. The molecule has 2 rings (SSSR count). The fourth-order valence-electron chi connectivity index (χ4n) is 1.92. The molecule has 0 radical (unpaired) electrons. The SMILES string of the molecule is CCN(Cc1ccncc1)c1ccccc1C#N. The minimum atomic E-state index is 0.716. The zero-order valence-electron chi connectivity index (χ0n) is 10.4. The van der Waals surface area contributed by atoms with E-state index in [-0.39, 0.29) is 0 Å².